The Labute approximate surface area is 160 Å². The van der Waals surface area contributed by atoms with Gasteiger partial charge in [-0.15, -0.1) is 0 Å². The van der Waals surface area contributed by atoms with Crippen molar-refractivity contribution in [2.24, 2.45) is 4.99 Å². The van der Waals surface area contributed by atoms with Crippen LogP contribution < -0.4 is 0 Å². The second kappa shape index (κ2) is 7.41. The Balaban J connectivity index is 2.29. The molecule has 0 aliphatic carbocycles. The lowest BCUT2D eigenvalue weighted by atomic mass is 9.94. The van der Waals surface area contributed by atoms with Crippen LogP contribution in [0.1, 0.15) is 36.4 Å². The van der Waals surface area contributed by atoms with Crippen LogP contribution in [0.2, 0.25) is 0 Å². The van der Waals surface area contributed by atoms with Crippen molar-refractivity contribution in [3.63, 3.8) is 0 Å². The summed E-state index contributed by atoms with van der Waals surface area (Å²) in [7, 11) is -2.84. The Hall–Kier alpha value is -2.64. The van der Waals surface area contributed by atoms with Gasteiger partial charge in [0, 0.05) is 46.8 Å². The number of aliphatic imine (C=N–C) groups is 1. The van der Waals surface area contributed by atoms with Gasteiger partial charge < -0.3 is 4.48 Å². The predicted octanol–water partition coefficient (Wildman–Crippen LogP) is 5.67. The lowest BCUT2D eigenvalue weighted by Gasteiger charge is -2.17. The van der Waals surface area contributed by atoms with Gasteiger partial charge in [0.2, 0.25) is 0 Å². The van der Waals surface area contributed by atoms with Gasteiger partial charge >= 0.3 is 7.40 Å². The van der Waals surface area contributed by atoms with E-state index in [1.165, 1.54) is 6.92 Å². The first-order valence-electron chi connectivity index (χ1n) is 8.67. The maximum atomic E-state index is 14.3. The summed E-state index contributed by atoms with van der Waals surface area (Å²) in [5.74, 6) is -3.18. The summed E-state index contributed by atoms with van der Waals surface area (Å²) in [6.07, 6.45) is 1.43. The minimum absolute atomic E-state index is 0.164. The Morgan fingerprint density at radius 3 is 2.11 bits per heavy atom. The number of hydrogen-bond donors (Lipinski definition) is 0. The summed E-state index contributed by atoms with van der Waals surface area (Å²) >= 11 is 0. The minimum atomic E-state index is -2.84. The molecule has 3 rings (SSSR count). The number of aryl methyl sites for hydroxylation is 2. The third kappa shape index (κ3) is 3.55. The SMILES string of the molecule is CC1=CC(C)=N/C1=C(\Cc1c(F)cc(F)cc1F)c1c(C)cc(C)n1B(F)F. The van der Waals surface area contributed by atoms with Crippen LogP contribution in [-0.4, -0.2) is 17.6 Å². The van der Waals surface area contributed by atoms with E-state index < -0.39 is 30.4 Å². The highest BCUT2D eigenvalue weighted by molar-refractivity contribution is 6.41. The molecule has 0 unspecified atom stereocenters. The van der Waals surface area contributed by atoms with E-state index in [1.54, 1.807) is 32.9 Å². The van der Waals surface area contributed by atoms with Gasteiger partial charge in [0.25, 0.3) is 0 Å². The molecular weight excluding hydrogens is 374 g/mol. The first kappa shape index (κ1) is 20.1. The lowest BCUT2D eigenvalue weighted by molar-refractivity contribution is 0.529. The van der Waals surface area contributed by atoms with Crippen LogP contribution in [0.25, 0.3) is 5.57 Å². The highest BCUT2D eigenvalue weighted by Gasteiger charge is 2.29. The highest BCUT2D eigenvalue weighted by Crippen LogP contribution is 2.35. The zero-order chi connectivity index (χ0) is 20.7. The van der Waals surface area contributed by atoms with Crippen LogP contribution in [0.3, 0.4) is 0 Å². The van der Waals surface area contributed by atoms with Crippen molar-refractivity contribution in [2.75, 3.05) is 0 Å². The monoisotopic (exact) mass is 392 g/mol. The van der Waals surface area contributed by atoms with Crippen LogP contribution in [0, 0.1) is 31.3 Å². The average molecular weight is 392 g/mol. The molecule has 1 aromatic carbocycles. The topological polar surface area (TPSA) is 17.3 Å². The van der Waals surface area contributed by atoms with Gasteiger partial charge in [0.1, 0.15) is 17.5 Å². The maximum Gasteiger partial charge on any atom is 0.677 e. The molecule has 2 aromatic rings. The van der Waals surface area contributed by atoms with Crippen LogP contribution in [-0.2, 0) is 6.42 Å². The molecule has 2 nitrogen and oxygen atoms in total. The van der Waals surface area contributed by atoms with Gasteiger partial charge in [-0.25, -0.2) is 13.2 Å². The highest BCUT2D eigenvalue weighted by atomic mass is 19.2. The molecule has 0 N–H and O–H groups in total. The molecule has 1 aromatic heterocycles. The van der Waals surface area contributed by atoms with Crippen LogP contribution in [0.15, 0.2) is 40.5 Å². The quantitative estimate of drug-likeness (QED) is 0.472. The normalized spacial score (nSPS) is 15.6. The predicted molar refractivity (Wildman–Crippen MR) is 101 cm³/mol. The largest absolute Gasteiger partial charge is 0.677 e. The molecular formula is C20H18BF5N2. The Bertz CT molecular complexity index is 1020. The summed E-state index contributed by atoms with van der Waals surface area (Å²) in [6.45, 7) is 6.70. The Kier molecular flexibility index (Phi) is 5.32. The molecule has 0 saturated carbocycles. The zero-order valence-electron chi connectivity index (χ0n) is 15.9. The third-order valence-corrected chi connectivity index (χ3v) is 4.73. The number of benzene rings is 1. The van der Waals surface area contributed by atoms with Gasteiger partial charge in [0.05, 0.1) is 5.70 Å². The molecule has 0 amide bonds. The van der Waals surface area contributed by atoms with E-state index in [1.807, 2.05) is 0 Å². The average Bonchev–Trinajstić information content (AvgIpc) is 3.05. The van der Waals surface area contributed by atoms with Crippen molar-refractivity contribution in [2.45, 2.75) is 34.1 Å². The number of hydrogen-bond acceptors (Lipinski definition) is 1. The van der Waals surface area contributed by atoms with E-state index in [9.17, 15) is 21.8 Å². The van der Waals surface area contributed by atoms with Crippen LogP contribution >= 0.6 is 0 Å². The van der Waals surface area contributed by atoms with Crippen LogP contribution in [0.4, 0.5) is 21.8 Å². The van der Waals surface area contributed by atoms with E-state index >= 15 is 0 Å². The van der Waals surface area contributed by atoms with Gasteiger partial charge in [-0.3, -0.25) is 13.6 Å². The maximum absolute atomic E-state index is 14.3. The summed E-state index contributed by atoms with van der Waals surface area (Å²) < 4.78 is 70.3. The molecule has 146 valence electrons. The van der Waals surface area contributed by atoms with Crippen molar-refractivity contribution >= 4 is 18.7 Å². The van der Waals surface area contributed by atoms with Crippen molar-refractivity contribution in [3.8, 4) is 0 Å². The van der Waals surface area contributed by atoms with Gasteiger partial charge in [0.15, 0.2) is 0 Å². The fourth-order valence-corrected chi connectivity index (χ4v) is 3.63. The van der Waals surface area contributed by atoms with E-state index in [0.717, 1.165) is 4.48 Å². The molecule has 1 aliphatic heterocycles. The molecule has 0 saturated heterocycles. The second-order valence-corrected chi connectivity index (χ2v) is 6.90. The lowest BCUT2D eigenvalue weighted by Crippen LogP contribution is -2.19. The van der Waals surface area contributed by atoms with Crippen molar-refractivity contribution in [1.82, 2.24) is 4.48 Å². The van der Waals surface area contributed by atoms with E-state index in [-0.39, 0.29) is 17.7 Å². The van der Waals surface area contributed by atoms with Gasteiger partial charge in [-0.05, 0) is 51.0 Å². The number of halogens is 5. The molecule has 0 bridgehead atoms. The van der Waals surface area contributed by atoms with E-state index in [2.05, 4.69) is 4.99 Å². The molecule has 28 heavy (non-hydrogen) atoms. The summed E-state index contributed by atoms with van der Waals surface area (Å²) in [5, 5.41) is 0. The molecule has 8 heteroatoms. The number of nitrogens with zero attached hydrogens (tertiary/aromatic N) is 2. The minimum Gasteiger partial charge on any atom is -0.329 e. The zero-order valence-corrected chi connectivity index (χ0v) is 15.9. The standard InChI is InChI=1S/C20H18BF5N2/c1-10-5-12(3)27-19(10)16(9-15-17(23)7-14(22)8-18(15)24)20-11(2)6-13(4)28(20)21(25)26/h5-8H,9H2,1-4H3/b19-16+. The molecule has 2 heterocycles. The smallest absolute Gasteiger partial charge is 0.329 e. The first-order chi connectivity index (χ1) is 13.1. The van der Waals surface area contributed by atoms with Crippen molar-refractivity contribution in [3.05, 3.63) is 75.5 Å². The first-order valence-corrected chi connectivity index (χ1v) is 8.67. The van der Waals surface area contributed by atoms with Crippen molar-refractivity contribution in [1.29, 1.82) is 0 Å². The van der Waals surface area contributed by atoms with E-state index in [0.29, 0.717) is 40.4 Å². The van der Waals surface area contributed by atoms with Crippen molar-refractivity contribution < 1.29 is 21.8 Å². The summed E-state index contributed by atoms with van der Waals surface area (Å²) in [5.41, 5.74) is 2.65. The summed E-state index contributed by atoms with van der Waals surface area (Å²) in [4.78, 5) is 4.40. The Morgan fingerprint density at radius 1 is 1.00 bits per heavy atom. The fraction of sp³-hybridized carbons (Fsp3) is 0.250. The molecule has 0 radical (unpaired) electrons. The van der Waals surface area contributed by atoms with Gasteiger partial charge in [-0.2, -0.15) is 0 Å². The Morgan fingerprint density at radius 2 is 1.61 bits per heavy atom. The molecule has 1 aliphatic rings. The number of rotatable bonds is 4. The molecule has 0 fully saturated rings. The third-order valence-electron chi connectivity index (χ3n) is 4.73. The molecule has 0 spiro atoms. The van der Waals surface area contributed by atoms with E-state index in [4.69, 9.17) is 0 Å². The number of allylic oxidation sites excluding steroid dienone is 3. The second-order valence-electron chi connectivity index (χ2n) is 6.90. The fourth-order valence-electron chi connectivity index (χ4n) is 3.63. The number of aromatic nitrogens is 1. The van der Waals surface area contributed by atoms with Crippen LogP contribution in [0.5, 0.6) is 0 Å². The van der Waals surface area contributed by atoms with Gasteiger partial charge in [-0.1, -0.05) is 0 Å². The molecule has 0 atom stereocenters. The summed E-state index contributed by atoms with van der Waals surface area (Å²) in [6, 6.07) is 2.75.